The highest BCUT2D eigenvalue weighted by atomic mass is 16.2. The summed E-state index contributed by atoms with van der Waals surface area (Å²) in [6, 6.07) is 3.77. The molecule has 5 nitrogen and oxygen atoms in total. The second-order valence-corrected chi connectivity index (χ2v) is 6.38. The Kier molecular flexibility index (Phi) is 2.56. The Bertz CT molecular complexity index is 737. The molecule has 0 radical (unpaired) electrons. The molecule has 2 heterocycles. The van der Waals surface area contributed by atoms with E-state index in [4.69, 9.17) is 5.26 Å². The number of pyridine rings is 1. The topological polar surface area (TPSA) is 74.1 Å². The number of aryl methyl sites for hydroxylation is 2. The first kappa shape index (κ1) is 13.2. The van der Waals surface area contributed by atoms with E-state index in [1.807, 2.05) is 0 Å². The Hall–Kier alpha value is -2.48. The van der Waals surface area contributed by atoms with Crippen LogP contribution < -0.4 is 4.90 Å². The summed E-state index contributed by atoms with van der Waals surface area (Å²) < 4.78 is 0. The van der Waals surface area contributed by atoms with Crippen molar-refractivity contribution in [2.75, 3.05) is 4.90 Å². The number of aromatic nitrogens is 1. The molecule has 5 heteroatoms. The lowest BCUT2D eigenvalue weighted by molar-refractivity contribution is -0.123. The van der Waals surface area contributed by atoms with E-state index in [-0.39, 0.29) is 35.5 Å². The Labute approximate surface area is 128 Å². The molecule has 1 aromatic rings. The second-order valence-electron chi connectivity index (χ2n) is 6.38. The van der Waals surface area contributed by atoms with Crippen LogP contribution in [0, 0.1) is 48.9 Å². The SMILES string of the molecule is Cc1cc(N2C(=O)C3C4C=CC(C4)C3C2=O)nc(C)c1C#N. The highest BCUT2D eigenvalue weighted by Crippen LogP contribution is 2.53. The first-order valence-corrected chi connectivity index (χ1v) is 7.47. The Balaban J connectivity index is 1.78. The summed E-state index contributed by atoms with van der Waals surface area (Å²) in [7, 11) is 0. The molecular formula is C17H15N3O2. The standard InChI is InChI=1S/C17H15N3O2/c1-8-5-13(19-9(2)12(8)7-18)20-16(21)14-10-3-4-11(6-10)15(14)17(20)22/h3-5,10-11,14-15H,6H2,1-2H3. The third-order valence-corrected chi connectivity index (χ3v) is 5.20. The fourth-order valence-corrected chi connectivity index (χ4v) is 4.22. The molecule has 3 aliphatic rings. The van der Waals surface area contributed by atoms with E-state index in [1.165, 1.54) is 4.90 Å². The van der Waals surface area contributed by atoms with E-state index in [0.717, 1.165) is 12.0 Å². The molecule has 22 heavy (non-hydrogen) atoms. The Morgan fingerprint density at radius 3 is 2.27 bits per heavy atom. The minimum atomic E-state index is -0.222. The zero-order valence-corrected chi connectivity index (χ0v) is 12.4. The normalized spacial score (nSPS) is 31.8. The van der Waals surface area contributed by atoms with Gasteiger partial charge in [0.05, 0.1) is 23.1 Å². The molecule has 0 aromatic carbocycles. The summed E-state index contributed by atoms with van der Waals surface area (Å²) in [5, 5.41) is 9.12. The van der Waals surface area contributed by atoms with Crippen LogP contribution in [0.15, 0.2) is 18.2 Å². The predicted octanol–water partition coefficient (Wildman–Crippen LogP) is 1.88. The van der Waals surface area contributed by atoms with Crippen LogP contribution in [0.4, 0.5) is 5.82 Å². The Morgan fingerprint density at radius 2 is 1.77 bits per heavy atom. The summed E-state index contributed by atoms with van der Waals surface area (Å²) >= 11 is 0. The van der Waals surface area contributed by atoms with E-state index in [0.29, 0.717) is 17.1 Å². The van der Waals surface area contributed by atoms with Crippen molar-refractivity contribution in [2.45, 2.75) is 20.3 Å². The Morgan fingerprint density at radius 1 is 1.18 bits per heavy atom. The molecule has 2 amide bonds. The molecule has 0 spiro atoms. The molecule has 0 N–H and O–H groups in total. The molecule has 1 saturated carbocycles. The second kappa shape index (κ2) is 4.26. The zero-order valence-electron chi connectivity index (χ0n) is 12.4. The number of nitriles is 1. The molecule has 1 saturated heterocycles. The first-order valence-electron chi connectivity index (χ1n) is 7.47. The van der Waals surface area contributed by atoms with Gasteiger partial charge in [-0.2, -0.15) is 5.26 Å². The highest BCUT2D eigenvalue weighted by Gasteiger charge is 2.59. The van der Waals surface area contributed by atoms with Crippen LogP contribution in [0.5, 0.6) is 0 Å². The van der Waals surface area contributed by atoms with Crippen LogP contribution >= 0.6 is 0 Å². The number of fused-ring (bicyclic) bond motifs is 5. The lowest BCUT2D eigenvalue weighted by atomic mass is 9.85. The van der Waals surface area contributed by atoms with Gasteiger partial charge in [0.15, 0.2) is 0 Å². The minimum Gasteiger partial charge on any atom is -0.274 e. The fraction of sp³-hybridized carbons (Fsp3) is 0.412. The van der Waals surface area contributed by atoms with E-state index in [2.05, 4.69) is 23.2 Å². The molecule has 1 aliphatic heterocycles. The maximum Gasteiger partial charge on any atom is 0.239 e. The van der Waals surface area contributed by atoms with Crippen molar-refractivity contribution < 1.29 is 9.59 Å². The van der Waals surface area contributed by atoms with E-state index >= 15 is 0 Å². The number of rotatable bonds is 1. The summed E-state index contributed by atoms with van der Waals surface area (Å²) in [5.41, 5.74) is 1.80. The molecule has 4 rings (SSSR count). The highest BCUT2D eigenvalue weighted by molar-refractivity contribution is 6.22. The molecule has 1 aromatic heterocycles. The van der Waals surface area contributed by atoms with Crippen molar-refractivity contribution in [3.05, 3.63) is 35.0 Å². The summed E-state index contributed by atoms with van der Waals surface area (Å²) in [6.45, 7) is 3.53. The maximum absolute atomic E-state index is 12.7. The van der Waals surface area contributed by atoms with Gasteiger partial charge in [-0.3, -0.25) is 9.59 Å². The molecule has 2 bridgehead atoms. The third kappa shape index (κ3) is 1.50. The van der Waals surface area contributed by atoms with Crippen molar-refractivity contribution in [3.8, 4) is 6.07 Å². The summed E-state index contributed by atoms with van der Waals surface area (Å²) in [5.74, 6) is 0.0266. The van der Waals surface area contributed by atoms with Crippen molar-refractivity contribution in [1.29, 1.82) is 5.26 Å². The van der Waals surface area contributed by atoms with Gasteiger partial charge in [-0.15, -0.1) is 0 Å². The molecule has 4 unspecified atom stereocenters. The van der Waals surface area contributed by atoms with Gasteiger partial charge >= 0.3 is 0 Å². The van der Waals surface area contributed by atoms with E-state index in [9.17, 15) is 9.59 Å². The van der Waals surface area contributed by atoms with Crippen LogP contribution in [0.25, 0.3) is 0 Å². The van der Waals surface area contributed by atoms with Crippen molar-refractivity contribution in [1.82, 2.24) is 4.98 Å². The zero-order chi connectivity index (χ0) is 15.6. The average molecular weight is 293 g/mol. The van der Waals surface area contributed by atoms with Crippen molar-refractivity contribution in [2.24, 2.45) is 23.7 Å². The number of anilines is 1. The van der Waals surface area contributed by atoms with Gasteiger partial charge in [0.25, 0.3) is 0 Å². The van der Waals surface area contributed by atoms with Gasteiger partial charge in [0, 0.05) is 0 Å². The smallest absolute Gasteiger partial charge is 0.239 e. The van der Waals surface area contributed by atoms with Gasteiger partial charge in [-0.1, -0.05) is 12.2 Å². The average Bonchev–Trinajstić information content (AvgIpc) is 3.12. The number of amides is 2. The van der Waals surface area contributed by atoms with Gasteiger partial charge < -0.3 is 0 Å². The predicted molar refractivity (Wildman–Crippen MR) is 78.6 cm³/mol. The lowest BCUT2D eigenvalue weighted by Crippen LogP contribution is -2.33. The molecular weight excluding hydrogens is 278 g/mol. The monoisotopic (exact) mass is 293 g/mol. The van der Waals surface area contributed by atoms with Gasteiger partial charge in [0.2, 0.25) is 11.8 Å². The molecule has 110 valence electrons. The van der Waals surface area contributed by atoms with Gasteiger partial charge in [-0.25, -0.2) is 9.88 Å². The molecule has 2 aliphatic carbocycles. The van der Waals surface area contributed by atoms with E-state index < -0.39 is 0 Å². The quantitative estimate of drug-likeness (QED) is 0.585. The molecule has 4 atom stereocenters. The number of hydrogen-bond acceptors (Lipinski definition) is 4. The number of nitrogens with zero attached hydrogens (tertiary/aromatic N) is 3. The van der Waals surface area contributed by atoms with Crippen LogP contribution in [0.1, 0.15) is 23.2 Å². The summed E-state index contributed by atoms with van der Waals surface area (Å²) in [6.07, 6.45) is 5.06. The lowest BCUT2D eigenvalue weighted by Gasteiger charge is -2.17. The number of carbonyl (C=O) groups excluding carboxylic acids is 2. The van der Waals surface area contributed by atoms with Crippen molar-refractivity contribution in [3.63, 3.8) is 0 Å². The van der Waals surface area contributed by atoms with Crippen molar-refractivity contribution >= 4 is 17.6 Å². The maximum atomic E-state index is 12.7. The number of carbonyl (C=O) groups is 2. The third-order valence-electron chi connectivity index (χ3n) is 5.20. The van der Waals surface area contributed by atoms with Gasteiger partial charge in [-0.05, 0) is 43.7 Å². The van der Waals surface area contributed by atoms with Crippen LogP contribution in [0.2, 0.25) is 0 Å². The van der Waals surface area contributed by atoms with Gasteiger partial charge in [0.1, 0.15) is 11.9 Å². The number of imide groups is 1. The number of allylic oxidation sites excluding steroid dienone is 2. The van der Waals surface area contributed by atoms with E-state index in [1.54, 1.807) is 19.9 Å². The summed E-state index contributed by atoms with van der Waals surface area (Å²) in [4.78, 5) is 31.0. The minimum absolute atomic E-state index is 0.136. The molecule has 2 fully saturated rings. The van der Waals surface area contributed by atoms with Crippen LogP contribution in [0.3, 0.4) is 0 Å². The largest absolute Gasteiger partial charge is 0.274 e. The van der Waals surface area contributed by atoms with Crippen LogP contribution in [-0.2, 0) is 9.59 Å². The van der Waals surface area contributed by atoms with Crippen LogP contribution in [-0.4, -0.2) is 16.8 Å². The number of hydrogen-bond donors (Lipinski definition) is 0. The fourth-order valence-electron chi connectivity index (χ4n) is 4.22. The first-order chi connectivity index (χ1) is 10.5.